The van der Waals surface area contributed by atoms with Gasteiger partial charge in [0, 0.05) is 6.42 Å². The number of nitrogens with two attached hydrogens (primary N) is 1. The lowest BCUT2D eigenvalue weighted by Crippen LogP contribution is -2.13. The van der Waals surface area contributed by atoms with Crippen molar-refractivity contribution < 1.29 is 4.92 Å². The molecule has 6 nitrogen and oxygen atoms in total. The van der Waals surface area contributed by atoms with Crippen LogP contribution in [0, 0.1) is 15.5 Å². The number of hydrogen-bond acceptors (Lipinski definition) is 4. The van der Waals surface area contributed by atoms with Gasteiger partial charge in [-0.1, -0.05) is 34.6 Å². The summed E-state index contributed by atoms with van der Waals surface area (Å²) in [5.41, 5.74) is 6.33. The van der Waals surface area contributed by atoms with Gasteiger partial charge in [-0.05, 0) is 18.3 Å². The first-order valence-corrected chi connectivity index (χ1v) is 6.72. The normalized spacial score (nSPS) is 12.1. The molecule has 19 heavy (non-hydrogen) atoms. The number of nitrogens with zero attached hydrogens (tertiary/aromatic N) is 3. The Kier molecular flexibility index (Phi) is 4.55. The van der Waals surface area contributed by atoms with Crippen LogP contribution in [0.3, 0.4) is 0 Å². The SMILES string of the molecule is CCC(CC)n1nc(CC(C)(C)C)c([N+](=O)[O-])c1N. The average molecular weight is 268 g/mol. The van der Waals surface area contributed by atoms with Crippen LogP contribution in [0.1, 0.15) is 59.2 Å². The van der Waals surface area contributed by atoms with Gasteiger partial charge >= 0.3 is 5.69 Å². The Bertz CT molecular complexity index is 456. The van der Waals surface area contributed by atoms with Crippen molar-refractivity contribution in [2.45, 2.75) is 59.9 Å². The molecule has 0 amide bonds. The summed E-state index contributed by atoms with van der Waals surface area (Å²) in [4.78, 5) is 10.8. The molecule has 0 saturated heterocycles. The molecule has 1 aromatic heterocycles. The van der Waals surface area contributed by atoms with E-state index < -0.39 is 4.92 Å². The molecular weight excluding hydrogens is 244 g/mol. The molecule has 0 saturated carbocycles. The van der Waals surface area contributed by atoms with Gasteiger partial charge in [-0.15, -0.1) is 0 Å². The van der Waals surface area contributed by atoms with Gasteiger partial charge in [0.05, 0.1) is 11.0 Å². The van der Waals surface area contributed by atoms with Crippen molar-refractivity contribution in [1.29, 1.82) is 0 Å². The Balaban J connectivity index is 3.31. The van der Waals surface area contributed by atoms with E-state index >= 15 is 0 Å². The van der Waals surface area contributed by atoms with Gasteiger partial charge in [-0.25, -0.2) is 4.68 Å². The van der Waals surface area contributed by atoms with E-state index in [2.05, 4.69) is 5.10 Å². The molecule has 0 aliphatic carbocycles. The van der Waals surface area contributed by atoms with E-state index in [1.165, 1.54) is 0 Å². The number of anilines is 1. The summed E-state index contributed by atoms with van der Waals surface area (Å²) in [6.07, 6.45) is 2.25. The fourth-order valence-electron chi connectivity index (χ4n) is 2.22. The van der Waals surface area contributed by atoms with Gasteiger partial charge in [-0.2, -0.15) is 5.10 Å². The number of hydrogen-bond donors (Lipinski definition) is 1. The van der Waals surface area contributed by atoms with E-state index in [4.69, 9.17) is 5.73 Å². The van der Waals surface area contributed by atoms with Gasteiger partial charge in [0.15, 0.2) is 0 Å². The topological polar surface area (TPSA) is 87.0 Å². The van der Waals surface area contributed by atoms with Crippen molar-refractivity contribution in [2.24, 2.45) is 5.41 Å². The number of rotatable bonds is 5. The Hall–Kier alpha value is -1.59. The second-order valence-electron chi connectivity index (χ2n) is 6.09. The maximum absolute atomic E-state index is 11.2. The summed E-state index contributed by atoms with van der Waals surface area (Å²) in [6, 6.07) is 0.118. The van der Waals surface area contributed by atoms with Crippen LogP contribution < -0.4 is 5.73 Å². The van der Waals surface area contributed by atoms with Crippen LogP contribution in [0.25, 0.3) is 0 Å². The molecule has 0 aromatic carbocycles. The monoisotopic (exact) mass is 268 g/mol. The summed E-state index contributed by atoms with van der Waals surface area (Å²) in [6.45, 7) is 10.2. The highest BCUT2D eigenvalue weighted by Gasteiger charge is 2.30. The maximum atomic E-state index is 11.2. The van der Waals surface area contributed by atoms with E-state index in [9.17, 15) is 10.1 Å². The predicted octanol–water partition coefficient (Wildman–Crippen LogP) is 3.32. The fourth-order valence-corrected chi connectivity index (χ4v) is 2.22. The second kappa shape index (κ2) is 5.59. The van der Waals surface area contributed by atoms with E-state index in [0.29, 0.717) is 12.1 Å². The molecule has 0 radical (unpaired) electrons. The average Bonchev–Trinajstić information content (AvgIpc) is 2.55. The third kappa shape index (κ3) is 3.45. The third-order valence-electron chi connectivity index (χ3n) is 3.16. The summed E-state index contributed by atoms with van der Waals surface area (Å²) in [5.74, 6) is 0.179. The van der Waals surface area contributed by atoms with E-state index in [1.54, 1.807) is 4.68 Å². The van der Waals surface area contributed by atoms with Gasteiger partial charge in [0.25, 0.3) is 0 Å². The lowest BCUT2D eigenvalue weighted by molar-refractivity contribution is -0.384. The quantitative estimate of drug-likeness (QED) is 0.655. The highest BCUT2D eigenvalue weighted by Crippen LogP contribution is 2.34. The summed E-state index contributed by atoms with van der Waals surface area (Å²) in [5, 5.41) is 15.6. The second-order valence-corrected chi connectivity index (χ2v) is 6.09. The minimum Gasteiger partial charge on any atom is -0.378 e. The largest absolute Gasteiger partial charge is 0.378 e. The summed E-state index contributed by atoms with van der Waals surface area (Å²) >= 11 is 0. The van der Waals surface area contributed by atoms with Gasteiger partial charge < -0.3 is 5.73 Å². The third-order valence-corrected chi connectivity index (χ3v) is 3.16. The molecule has 0 unspecified atom stereocenters. The molecule has 0 bridgehead atoms. The molecular formula is C13H24N4O2. The van der Waals surface area contributed by atoms with Crippen molar-refractivity contribution in [1.82, 2.24) is 9.78 Å². The molecule has 0 aliphatic heterocycles. The molecule has 1 heterocycles. The molecule has 0 fully saturated rings. The number of nitro groups is 1. The van der Waals surface area contributed by atoms with Crippen LogP contribution >= 0.6 is 0 Å². The van der Waals surface area contributed by atoms with Crippen LogP contribution in [-0.4, -0.2) is 14.7 Å². The fraction of sp³-hybridized carbons (Fsp3) is 0.769. The highest BCUT2D eigenvalue weighted by molar-refractivity contribution is 5.57. The van der Waals surface area contributed by atoms with Crippen molar-refractivity contribution in [3.05, 3.63) is 15.8 Å². The first-order valence-electron chi connectivity index (χ1n) is 6.72. The molecule has 1 rings (SSSR count). The summed E-state index contributed by atoms with van der Waals surface area (Å²) in [7, 11) is 0. The summed E-state index contributed by atoms with van der Waals surface area (Å²) < 4.78 is 1.62. The Labute approximate surface area is 114 Å². The lowest BCUT2D eigenvalue weighted by atomic mass is 9.90. The standard InChI is InChI=1S/C13H24N4O2/c1-6-9(7-2)16-12(14)11(17(18)19)10(15-16)8-13(3,4)5/h9H,6-8,14H2,1-5H3. The van der Waals surface area contributed by atoms with Crippen LogP contribution in [0.5, 0.6) is 0 Å². The van der Waals surface area contributed by atoms with Crippen molar-refractivity contribution in [3.63, 3.8) is 0 Å². The number of aromatic nitrogens is 2. The van der Waals surface area contributed by atoms with Gasteiger partial charge in [-0.3, -0.25) is 10.1 Å². The molecule has 0 aliphatic rings. The van der Waals surface area contributed by atoms with Crippen LogP contribution in [0.15, 0.2) is 0 Å². The van der Waals surface area contributed by atoms with Gasteiger partial charge in [0.2, 0.25) is 5.82 Å². The van der Waals surface area contributed by atoms with E-state index in [-0.39, 0.29) is 23.0 Å². The molecule has 6 heteroatoms. The van der Waals surface area contributed by atoms with Crippen LogP contribution in [0.2, 0.25) is 0 Å². The first kappa shape index (κ1) is 15.5. The molecule has 108 valence electrons. The predicted molar refractivity (Wildman–Crippen MR) is 76.1 cm³/mol. The maximum Gasteiger partial charge on any atom is 0.333 e. The Morgan fingerprint density at radius 3 is 2.26 bits per heavy atom. The smallest absolute Gasteiger partial charge is 0.333 e. The zero-order chi connectivity index (χ0) is 14.8. The Morgan fingerprint density at radius 2 is 1.89 bits per heavy atom. The highest BCUT2D eigenvalue weighted by atomic mass is 16.6. The zero-order valence-corrected chi connectivity index (χ0v) is 12.4. The van der Waals surface area contributed by atoms with Gasteiger partial charge in [0.1, 0.15) is 5.69 Å². The molecule has 0 spiro atoms. The van der Waals surface area contributed by atoms with Crippen molar-refractivity contribution in [2.75, 3.05) is 5.73 Å². The van der Waals surface area contributed by atoms with Crippen LogP contribution in [-0.2, 0) is 6.42 Å². The minimum absolute atomic E-state index is 0.0261. The van der Waals surface area contributed by atoms with E-state index in [0.717, 1.165) is 12.8 Å². The molecule has 0 atom stereocenters. The minimum atomic E-state index is -0.414. The lowest BCUT2D eigenvalue weighted by Gasteiger charge is -2.16. The first-order chi connectivity index (χ1) is 8.71. The van der Waals surface area contributed by atoms with Crippen molar-refractivity contribution in [3.8, 4) is 0 Å². The van der Waals surface area contributed by atoms with E-state index in [1.807, 2.05) is 34.6 Å². The van der Waals surface area contributed by atoms with Crippen LogP contribution in [0.4, 0.5) is 11.5 Å². The molecule has 1 aromatic rings. The van der Waals surface area contributed by atoms with Crippen molar-refractivity contribution >= 4 is 11.5 Å². The number of nitrogen functional groups attached to an aromatic ring is 1. The Morgan fingerprint density at radius 1 is 1.37 bits per heavy atom. The molecule has 2 N–H and O–H groups in total. The zero-order valence-electron chi connectivity index (χ0n) is 12.4.